The Labute approximate surface area is 252 Å². The van der Waals surface area contributed by atoms with Crippen molar-refractivity contribution in [2.75, 3.05) is 32.2 Å². The summed E-state index contributed by atoms with van der Waals surface area (Å²) in [6.45, 7) is 12.3. The molecular weight excluding hydrogens is 544 g/mol. The van der Waals surface area contributed by atoms with Crippen molar-refractivity contribution in [1.82, 2.24) is 9.66 Å². The highest BCUT2D eigenvalue weighted by Gasteiger charge is 2.20. The molecule has 0 saturated carbocycles. The molecule has 9 nitrogen and oxygen atoms in total. The zero-order valence-electron chi connectivity index (χ0n) is 26.2. The van der Waals surface area contributed by atoms with Crippen LogP contribution in [0.1, 0.15) is 57.2 Å². The van der Waals surface area contributed by atoms with Crippen LogP contribution in [0.15, 0.2) is 64.5 Å². The van der Waals surface area contributed by atoms with Crippen LogP contribution in [-0.4, -0.2) is 55.3 Å². The second-order valence-electron chi connectivity index (χ2n) is 10.7. The molecule has 1 atom stereocenters. The van der Waals surface area contributed by atoms with Crippen LogP contribution in [0.25, 0.3) is 22.3 Å². The number of carbonyl (C=O) groups is 1. The lowest BCUT2D eigenvalue weighted by molar-refractivity contribution is -0.150. The van der Waals surface area contributed by atoms with Crippen LogP contribution in [0.2, 0.25) is 0 Å². The summed E-state index contributed by atoms with van der Waals surface area (Å²) in [6.07, 6.45) is 0.715. The van der Waals surface area contributed by atoms with E-state index in [4.69, 9.17) is 19.2 Å². The van der Waals surface area contributed by atoms with E-state index in [2.05, 4.69) is 18.9 Å². The number of para-hydroxylation sites is 1. The molecule has 0 radical (unpaired) electrons. The first-order chi connectivity index (χ1) is 20.5. The fraction of sp³-hybridized carbons (Fsp3) is 0.353. The number of hydrogen-bond donors (Lipinski definition) is 0. The lowest BCUT2D eigenvalue weighted by Gasteiger charge is -2.19. The second-order valence-corrected chi connectivity index (χ2v) is 10.7. The van der Waals surface area contributed by atoms with E-state index in [9.17, 15) is 9.59 Å². The average molecular weight is 585 g/mol. The Morgan fingerprint density at radius 1 is 1.02 bits per heavy atom. The predicted octanol–water partition coefficient (Wildman–Crippen LogP) is 6.17. The molecule has 43 heavy (non-hydrogen) atoms. The summed E-state index contributed by atoms with van der Waals surface area (Å²) in [5.74, 6) is 1.37. The van der Waals surface area contributed by atoms with E-state index in [1.165, 1.54) is 4.68 Å². The van der Waals surface area contributed by atoms with Gasteiger partial charge in [0.25, 0.3) is 5.56 Å². The molecule has 0 aliphatic heterocycles. The molecule has 1 aromatic heterocycles. The Kier molecular flexibility index (Phi) is 9.85. The van der Waals surface area contributed by atoms with Gasteiger partial charge in [0, 0.05) is 37.0 Å². The third-order valence-corrected chi connectivity index (χ3v) is 7.02. The number of fused-ring (bicyclic) bond motifs is 1. The number of aryl methyl sites for hydroxylation is 1. The summed E-state index contributed by atoms with van der Waals surface area (Å²) >= 11 is 0. The van der Waals surface area contributed by atoms with E-state index in [0.29, 0.717) is 34.6 Å². The number of aromatic nitrogens is 2. The van der Waals surface area contributed by atoms with Crippen molar-refractivity contribution in [3.63, 3.8) is 0 Å². The monoisotopic (exact) mass is 584 g/mol. The Bertz CT molecular complexity index is 1710. The van der Waals surface area contributed by atoms with Crippen LogP contribution >= 0.6 is 0 Å². The summed E-state index contributed by atoms with van der Waals surface area (Å²) in [5.41, 5.74) is 4.44. The highest BCUT2D eigenvalue weighted by atomic mass is 16.6. The van der Waals surface area contributed by atoms with Gasteiger partial charge in [0.2, 0.25) is 0 Å². The van der Waals surface area contributed by atoms with Gasteiger partial charge < -0.3 is 19.1 Å². The van der Waals surface area contributed by atoms with Gasteiger partial charge in [0.15, 0.2) is 11.9 Å². The number of ether oxygens (including phenoxy) is 3. The Hall–Kier alpha value is -4.66. The molecule has 0 fully saturated rings. The van der Waals surface area contributed by atoms with Gasteiger partial charge in [0.05, 0.1) is 30.3 Å². The van der Waals surface area contributed by atoms with Gasteiger partial charge in [0.1, 0.15) is 11.5 Å². The number of nitrogens with zero attached hydrogens (tertiary/aromatic N) is 4. The summed E-state index contributed by atoms with van der Waals surface area (Å²) in [7, 11) is 3.83. The molecule has 4 rings (SSSR count). The SMILES string of the molecule is CCOC(=O)[C@@H](C)Oc1cc(N(C)C)ccc1C=Nn1c(-c2cc(C(C)C)c(OCC)cc2C)nc2ccccc2c1=O. The summed E-state index contributed by atoms with van der Waals surface area (Å²) < 4.78 is 18.4. The quantitative estimate of drug-likeness (QED) is 0.154. The molecule has 0 bridgehead atoms. The molecular formula is C34H40N4O5. The van der Waals surface area contributed by atoms with E-state index in [1.807, 2.05) is 75.3 Å². The lowest BCUT2D eigenvalue weighted by atomic mass is 9.96. The summed E-state index contributed by atoms with van der Waals surface area (Å²) in [4.78, 5) is 33.1. The van der Waals surface area contributed by atoms with E-state index < -0.39 is 12.1 Å². The number of benzene rings is 3. The number of hydrogen-bond acceptors (Lipinski definition) is 8. The molecule has 4 aromatic rings. The first kappa shape index (κ1) is 31.3. The lowest BCUT2D eigenvalue weighted by Crippen LogP contribution is -2.26. The third kappa shape index (κ3) is 6.88. The second kappa shape index (κ2) is 13.5. The predicted molar refractivity (Wildman–Crippen MR) is 172 cm³/mol. The molecule has 3 aromatic carbocycles. The zero-order valence-corrected chi connectivity index (χ0v) is 26.2. The van der Waals surface area contributed by atoms with Gasteiger partial charge >= 0.3 is 5.97 Å². The van der Waals surface area contributed by atoms with Crippen molar-refractivity contribution in [3.05, 3.63) is 81.6 Å². The Morgan fingerprint density at radius 2 is 1.77 bits per heavy atom. The number of carbonyl (C=O) groups excluding carboxylic acids is 1. The van der Waals surface area contributed by atoms with E-state index in [0.717, 1.165) is 28.1 Å². The third-order valence-electron chi connectivity index (χ3n) is 7.02. The molecule has 0 saturated heterocycles. The zero-order chi connectivity index (χ0) is 31.3. The van der Waals surface area contributed by atoms with Crippen molar-refractivity contribution < 1.29 is 19.0 Å². The molecule has 0 aliphatic rings. The molecule has 226 valence electrons. The average Bonchev–Trinajstić information content (AvgIpc) is 2.97. The van der Waals surface area contributed by atoms with Crippen molar-refractivity contribution in [3.8, 4) is 22.9 Å². The van der Waals surface area contributed by atoms with Gasteiger partial charge in [-0.2, -0.15) is 9.78 Å². The van der Waals surface area contributed by atoms with Gasteiger partial charge in [-0.3, -0.25) is 4.79 Å². The molecule has 0 N–H and O–H groups in total. The van der Waals surface area contributed by atoms with Crippen LogP contribution in [0.4, 0.5) is 5.69 Å². The van der Waals surface area contributed by atoms with E-state index in [-0.39, 0.29) is 18.1 Å². The maximum atomic E-state index is 13.9. The van der Waals surface area contributed by atoms with Gasteiger partial charge in [-0.1, -0.05) is 26.0 Å². The van der Waals surface area contributed by atoms with Crippen LogP contribution in [0.5, 0.6) is 11.5 Å². The first-order valence-electron chi connectivity index (χ1n) is 14.5. The molecule has 9 heteroatoms. The molecule has 1 heterocycles. The van der Waals surface area contributed by atoms with Gasteiger partial charge in [-0.05, 0) is 81.1 Å². The Balaban J connectivity index is 1.91. The number of rotatable bonds is 11. The highest BCUT2D eigenvalue weighted by Crippen LogP contribution is 2.34. The first-order valence-corrected chi connectivity index (χ1v) is 14.5. The highest BCUT2D eigenvalue weighted by molar-refractivity contribution is 5.86. The van der Waals surface area contributed by atoms with Gasteiger partial charge in [-0.15, -0.1) is 0 Å². The van der Waals surface area contributed by atoms with E-state index in [1.54, 1.807) is 32.2 Å². The molecule has 0 unspecified atom stereocenters. The molecule has 0 aliphatic carbocycles. The standard InChI is InChI=1S/C34H40N4O5/c1-9-41-31-17-22(5)28(19-27(31)21(3)4)32-36-29-14-12-11-13-26(29)33(39)38(32)35-20-24-15-16-25(37(7)8)18-30(24)43-23(6)34(40)42-10-2/h11-21,23H,9-10H2,1-8H3/t23-/m1/s1. The summed E-state index contributed by atoms with van der Waals surface area (Å²) in [6, 6.07) is 16.8. The van der Waals surface area contributed by atoms with Crippen LogP contribution < -0.4 is 19.9 Å². The van der Waals surface area contributed by atoms with Crippen molar-refractivity contribution in [2.45, 2.75) is 53.6 Å². The molecule has 0 amide bonds. The van der Waals surface area contributed by atoms with Crippen molar-refractivity contribution >= 4 is 28.8 Å². The minimum atomic E-state index is -0.842. The maximum Gasteiger partial charge on any atom is 0.347 e. The minimum Gasteiger partial charge on any atom is -0.494 e. The maximum absolute atomic E-state index is 13.9. The Morgan fingerprint density at radius 3 is 2.44 bits per heavy atom. The van der Waals surface area contributed by atoms with Crippen LogP contribution in [0.3, 0.4) is 0 Å². The normalized spacial score (nSPS) is 12.1. The summed E-state index contributed by atoms with van der Waals surface area (Å²) in [5, 5.41) is 5.13. The van der Waals surface area contributed by atoms with Crippen molar-refractivity contribution in [1.29, 1.82) is 0 Å². The van der Waals surface area contributed by atoms with E-state index >= 15 is 0 Å². The number of anilines is 1. The van der Waals surface area contributed by atoms with Gasteiger partial charge in [-0.25, -0.2) is 9.78 Å². The fourth-order valence-electron chi connectivity index (χ4n) is 4.70. The number of esters is 1. The van der Waals surface area contributed by atoms with Crippen LogP contribution in [-0.2, 0) is 9.53 Å². The van der Waals surface area contributed by atoms with Crippen LogP contribution in [0, 0.1) is 6.92 Å². The fourth-order valence-corrected chi connectivity index (χ4v) is 4.70. The largest absolute Gasteiger partial charge is 0.494 e. The molecule has 0 spiro atoms. The smallest absolute Gasteiger partial charge is 0.347 e. The topological polar surface area (TPSA) is 95.2 Å². The van der Waals surface area contributed by atoms with Crippen molar-refractivity contribution in [2.24, 2.45) is 5.10 Å². The minimum absolute atomic E-state index is 0.182.